The van der Waals surface area contributed by atoms with Crippen LogP contribution in [0.15, 0.2) is 12.1 Å². The van der Waals surface area contributed by atoms with Crippen LogP contribution in [0.3, 0.4) is 0 Å². The number of aromatic nitrogens is 2. The van der Waals surface area contributed by atoms with Gasteiger partial charge in [-0.05, 0) is 0 Å². The lowest BCUT2D eigenvalue weighted by Crippen LogP contribution is -2.36. The summed E-state index contributed by atoms with van der Waals surface area (Å²) in [6.45, 7) is -1.59. The number of carbonyl (C=O) groups is 1. The molecule has 1 amide bonds. The highest BCUT2D eigenvalue weighted by Crippen LogP contribution is 2.21. The van der Waals surface area contributed by atoms with Crippen LogP contribution in [0, 0.1) is 11.6 Å². The third-order valence-corrected chi connectivity index (χ3v) is 3.40. The van der Waals surface area contributed by atoms with Gasteiger partial charge in [0.1, 0.15) is 12.4 Å². The number of rotatable bonds is 3. The number of hydrogen-bond donors (Lipinski definition) is 1. The predicted octanol–water partition coefficient (Wildman–Crippen LogP) is 2.01. The van der Waals surface area contributed by atoms with Crippen molar-refractivity contribution in [2.45, 2.75) is 12.7 Å². The van der Waals surface area contributed by atoms with Crippen molar-refractivity contribution >= 4 is 16.9 Å². The molecular weight excluding hydrogens is 323 g/mol. The molecule has 0 saturated carbocycles. The number of alkyl halides is 3. The van der Waals surface area contributed by atoms with E-state index in [0.717, 1.165) is 12.1 Å². The third kappa shape index (κ3) is 3.41. The highest BCUT2D eigenvalue weighted by Gasteiger charge is 2.37. The second kappa shape index (κ2) is 5.44. The van der Waals surface area contributed by atoms with E-state index >= 15 is 0 Å². The van der Waals surface area contributed by atoms with E-state index in [2.05, 4.69) is 9.97 Å². The Bertz CT molecular complexity index is 718. The average molecular weight is 334 g/mol. The molecule has 1 aromatic heterocycles. The Morgan fingerprint density at radius 1 is 1.22 bits per heavy atom. The van der Waals surface area contributed by atoms with Gasteiger partial charge in [-0.1, -0.05) is 0 Å². The number of nitrogens with zero attached hydrogens (tertiary/aromatic N) is 3. The van der Waals surface area contributed by atoms with Gasteiger partial charge in [0.25, 0.3) is 0 Å². The number of aromatic amines is 1. The van der Waals surface area contributed by atoms with Crippen molar-refractivity contribution in [3.05, 3.63) is 29.6 Å². The SMILES string of the molecule is O=C1CN(Cc2nc3cc(F)c(F)cc3[nH]2)CN1CC(F)(F)F. The summed E-state index contributed by atoms with van der Waals surface area (Å²) in [6, 6.07) is 1.88. The second-order valence-electron chi connectivity index (χ2n) is 5.30. The minimum absolute atomic E-state index is 0.0675. The first-order valence-corrected chi connectivity index (χ1v) is 6.62. The Kier molecular flexibility index (Phi) is 3.71. The van der Waals surface area contributed by atoms with Gasteiger partial charge >= 0.3 is 6.18 Å². The Morgan fingerprint density at radius 3 is 2.61 bits per heavy atom. The number of H-pyrrole nitrogens is 1. The van der Waals surface area contributed by atoms with Gasteiger partial charge in [0, 0.05) is 12.1 Å². The Morgan fingerprint density at radius 2 is 1.91 bits per heavy atom. The molecule has 3 rings (SSSR count). The van der Waals surface area contributed by atoms with E-state index < -0.39 is 30.3 Å². The summed E-state index contributed by atoms with van der Waals surface area (Å²) in [4.78, 5) is 20.5. The maximum Gasteiger partial charge on any atom is 0.406 e. The summed E-state index contributed by atoms with van der Waals surface area (Å²) in [5, 5.41) is 0. The standard InChI is InChI=1S/C13H11F5N4O/c14-7-1-9-10(2-8(7)15)20-11(19-9)3-21-4-12(23)22(6-21)5-13(16,17)18/h1-2H,3-6H2,(H,19,20). The smallest absolute Gasteiger partial charge is 0.341 e. The van der Waals surface area contributed by atoms with Gasteiger partial charge in [-0.3, -0.25) is 9.69 Å². The minimum atomic E-state index is -4.46. The van der Waals surface area contributed by atoms with Gasteiger partial charge in [0.2, 0.25) is 5.91 Å². The topological polar surface area (TPSA) is 52.2 Å². The van der Waals surface area contributed by atoms with Crippen molar-refractivity contribution < 1.29 is 26.7 Å². The van der Waals surface area contributed by atoms with Crippen molar-refractivity contribution in [2.24, 2.45) is 0 Å². The molecule has 23 heavy (non-hydrogen) atoms. The summed E-state index contributed by atoms with van der Waals surface area (Å²) in [6.07, 6.45) is -4.46. The molecule has 1 fully saturated rings. The van der Waals surface area contributed by atoms with Crippen molar-refractivity contribution in [3.8, 4) is 0 Å². The molecule has 1 aromatic carbocycles. The van der Waals surface area contributed by atoms with E-state index in [1.807, 2.05) is 0 Å². The second-order valence-corrected chi connectivity index (χ2v) is 5.30. The molecule has 0 radical (unpaired) electrons. The summed E-state index contributed by atoms with van der Waals surface area (Å²) in [5.74, 6) is -2.38. The van der Waals surface area contributed by atoms with Gasteiger partial charge in [-0.2, -0.15) is 13.2 Å². The van der Waals surface area contributed by atoms with Crippen LogP contribution < -0.4 is 0 Å². The van der Waals surface area contributed by atoms with Crippen LogP contribution in [0.1, 0.15) is 5.82 Å². The fourth-order valence-corrected chi connectivity index (χ4v) is 2.47. The first-order valence-electron chi connectivity index (χ1n) is 6.62. The van der Waals surface area contributed by atoms with E-state index in [4.69, 9.17) is 0 Å². The highest BCUT2D eigenvalue weighted by atomic mass is 19.4. The van der Waals surface area contributed by atoms with Gasteiger partial charge in [0.05, 0.1) is 30.8 Å². The largest absolute Gasteiger partial charge is 0.406 e. The zero-order chi connectivity index (χ0) is 16.8. The first kappa shape index (κ1) is 15.7. The Balaban J connectivity index is 1.72. The number of halogens is 5. The highest BCUT2D eigenvalue weighted by molar-refractivity contribution is 5.80. The Hall–Kier alpha value is -2.23. The van der Waals surface area contributed by atoms with Gasteiger partial charge in [-0.15, -0.1) is 0 Å². The predicted molar refractivity (Wildman–Crippen MR) is 69.1 cm³/mol. The maximum absolute atomic E-state index is 13.1. The molecule has 1 N–H and O–H groups in total. The summed E-state index contributed by atoms with van der Waals surface area (Å²) in [7, 11) is 0. The van der Waals surface area contributed by atoms with Gasteiger partial charge in [0.15, 0.2) is 11.6 Å². The number of nitrogens with one attached hydrogen (secondary N) is 1. The van der Waals surface area contributed by atoms with E-state index in [1.54, 1.807) is 0 Å². The zero-order valence-corrected chi connectivity index (χ0v) is 11.6. The molecule has 1 aliphatic rings. The van der Waals surface area contributed by atoms with E-state index in [9.17, 15) is 26.7 Å². The van der Waals surface area contributed by atoms with Gasteiger partial charge < -0.3 is 9.88 Å². The van der Waals surface area contributed by atoms with Gasteiger partial charge in [-0.25, -0.2) is 13.8 Å². The molecule has 2 heterocycles. The van der Waals surface area contributed by atoms with Crippen LogP contribution in [0.2, 0.25) is 0 Å². The van der Waals surface area contributed by atoms with E-state index in [1.165, 1.54) is 4.90 Å². The molecule has 1 saturated heterocycles. The van der Waals surface area contributed by atoms with E-state index in [0.29, 0.717) is 10.7 Å². The van der Waals surface area contributed by atoms with Crippen molar-refractivity contribution in [3.63, 3.8) is 0 Å². The minimum Gasteiger partial charge on any atom is -0.341 e. The molecule has 0 unspecified atom stereocenters. The molecule has 1 aliphatic heterocycles. The van der Waals surface area contributed by atoms with Crippen molar-refractivity contribution in [2.75, 3.05) is 19.8 Å². The number of amides is 1. The molecule has 0 atom stereocenters. The average Bonchev–Trinajstić information content (AvgIpc) is 2.92. The lowest BCUT2D eigenvalue weighted by molar-refractivity contribution is -0.157. The fourth-order valence-electron chi connectivity index (χ4n) is 2.47. The summed E-state index contributed by atoms with van der Waals surface area (Å²) < 4.78 is 63.3. The van der Waals surface area contributed by atoms with Crippen molar-refractivity contribution in [1.82, 2.24) is 19.8 Å². The molecule has 5 nitrogen and oxygen atoms in total. The van der Waals surface area contributed by atoms with E-state index in [-0.39, 0.29) is 30.8 Å². The Labute approximate surface area is 126 Å². The summed E-state index contributed by atoms with van der Waals surface area (Å²) in [5.41, 5.74) is 0.480. The molecule has 10 heteroatoms. The lowest BCUT2D eigenvalue weighted by atomic mass is 10.3. The molecule has 0 spiro atoms. The normalized spacial score (nSPS) is 16.7. The molecule has 2 aromatic rings. The van der Waals surface area contributed by atoms with Crippen LogP contribution in [-0.2, 0) is 11.3 Å². The van der Waals surface area contributed by atoms with Crippen LogP contribution in [-0.4, -0.2) is 51.6 Å². The number of fused-ring (bicyclic) bond motifs is 1. The molecular formula is C13H11F5N4O. The number of carbonyl (C=O) groups excluding carboxylic acids is 1. The number of benzene rings is 1. The van der Waals surface area contributed by atoms with Crippen LogP contribution >= 0.6 is 0 Å². The van der Waals surface area contributed by atoms with Crippen LogP contribution in [0.5, 0.6) is 0 Å². The zero-order valence-electron chi connectivity index (χ0n) is 11.6. The lowest BCUT2D eigenvalue weighted by Gasteiger charge is -2.18. The monoisotopic (exact) mass is 334 g/mol. The summed E-state index contributed by atoms with van der Waals surface area (Å²) >= 11 is 0. The number of hydrogen-bond acceptors (Lipinski definition) is 3. The molecule has 0 aliphatic carbocycles. The number of imidazole rings is 1. The first-order chi connectivity index (χ1) is 10.7. The van der Waals surface area contributed by atoms with Crippen LogP contribution in [0.25, 0.3) is 11.0 Å². The molecule has 0 bridgehead atoms. The van der Waals surface area contributed by atoms with Crippen molar-refractivity contribution in [1.29, 1.82) is 0 Å². The quantitative estimate of drug-likeness (QED) is 0.874. The third-order valence-electron chi connectivity index (χ3n) is 3.40. The van der Waals surface area contributed by atoms with Crippen LogP contribution in [0.4, 0.5) is 22.0 Å². The maximum atomic E-state index is 13.1. The fraction of sp³-hybridized carbons (Fsp3) is 0.385. The molecule has 124 valence electrons.